The van der Waals surface area contributed by atoms with Gasteiger partial charge in [0.1, 0.15) is 17.7 Å². The number of nitrogens with one attached hydrogen (secondary N) is 2. The summed E-state index contributed by atoms with van der Waals surface area (Å²) in [6.45, 7) is 13.5. The maximum atomic E-state index is 13.8. The number of carbonyl (C=O) groups excluding carboxylic acids is 4. The van der Waals surface area contributed by atoms with E-state index in [4.69, 9.17) is 10.5 Å². The predicted molar refractivity (Wildman–Crippen MR) is 136 cm³/mol. The van der Waals surface area contributed by atoms with Gasteiger partial charge < -0.3 is 26.0 Å². The quantitative estimate of drug-likeness (QED) is 0.387. The van der Waals surface area contributed by atoms with Crippen LogP contribution in [0.3, 0.4) is 0 Å². The summed E-state index contributed by atoms with van der Waals surface area (Å²) in [5.74, 6) is -1.64. The van der Waals surface area contributed by atoms with Crippen molar-refractivity contribution in [2.24, 2.45) is 5.73 Å². The molecule has 0 aliphatic carbocycles. The van der Waals surface area contributed by atoms with Gasteiger partial charge in [-0.25, -0.2) is 4.79 Å². The largest absolute Gasteiger partial charge is 0.444 e. The van der Waals surface area contributed by atoms with Crippen LogP contribution in [0.25, 0.3) is 0 Å². The van der Waals surface area contributed by atoms with E-state index < -0.39 is 42.0 Å². The summed E-state index contributed by atoms with van der Waals surface area (Å²) in [5.41, 5.74) is 7.05. The van der Waals surface area contributed by atoms with Crippen molar-refractivity contribution in [1.82, 2.24) is 15.5 Å². The molecule has 1 aromatic carbocycles. The molecule has 0 aromatic heterocycles. The van der Waals surface area contributed by atoms with Crippen LogP contribution in [0.5, 0.6) is 0 Å². The molecule has 9 nitrogen and oxygen atoms in total. The number of ether oxygens (including phenoxy) is 1. The van der Waals surface area contributed by atoms with E-state index in [2.05, 4.69) is 10.6 Å². The summed E-state index contributed by atoms with van der Waals surface area (Å²) in [6.07, 6.45) is 1.01. The Hall–Kier alpha value is -3.10. The number of rotatable bonds is 12. The average molecular weight is 491 g/mol. The molecular formula is C26H42N4O5. The minimum Gasteiger partial charge on any atom is -0.444 e. The Morgan fingerprint density at radius 1 is 1.06 bits per heavy atom. The van der Waals surface area contributed by atoms with E-state index in [0.717, 1.165) is 29.5 Å². The summed E-state index contributed by atoms with van der Waals surface area (Å²) in [5, 5.41) is 5.43. The average Bonchev–Trinajstić information content (AvgIpc) is 2.72. The van der Waals surface area contributed by atoms with Crippen molar-refractivity contribution in [2.75, 3.05) is 13.1 Å². The summed E-state index contributed by atoms with van der Waals surface area (Å²) in [7, 11) is 0. The second kappa shape index (κ2) is 13.7. The lowest BCUT2D eigenvalue weighted by molar-refractivity contribution is -0.143. The third-order valence-electron chi connectivity index (χ3n) is 5.35. The van der Waals surface area contributed by atoms with Gasteiger partial charge in [-0.15, -0.1) is 0 Å². The van der Waals surface area contributed by atoms with Gasteiger partial charge in [0.25, 0.3) is 0 Å². The van der Waals surface area contributed by atoms with Crippen molar-refractivity contribution in [2.45, 2.75) is 91.8 Å². The predicted octanol–water partition coefficient (Wildman–Crippen LogP) is 3.27. The molecule has 2 unspecified atom stereocenters. The number of hydrogen-bond acceptors (Lipinski definition) is 5. The van der Waals surface area contributed by atoms with Crippen molar-refractivity contribution in [3.63, 3.8) is 0 Å². The zero-order valence-electron chi connectivity index (χ0n) is 22.2. The second-order valence-electron chi connectivity index (χ2n) is 9.75. The molecule has 0 bridgehead atoms. The maximum Gasteiger partial charge on any atom is 0.408 e. The van der Waals surface area contributed by atoms with Crippen LogP contribution in [0, 0.1) is 13.8 Å². The molecule has 35 heavy (non-hydrogen) atoms. The number of nitrogens with zero attached hydrogens (tertiary/aromatic N) is 1. The van der Waals surface area contributed by atoms with Crippen molar-refractivity contribution in [3.05, 3.63) is 34.9 Å². The molecule has 4 amide bonds. The molecule has 0 aliphatic rings. The zero-order valence-corrected chi connectivity index (χ0v) is 22.2. The van der Waals surface area contributed by atoms with Gasteiger partial charge in [-0.1, -0.05) is 38.5 Å². The van der Waals surface area contributed by atoms with Crippen molar-refractivity contribution in [1.29, 1.82) is 0 Å². The molecule has 196 valence electrons. The smallest absolute Gasteiger partial charge is 0.408 e. The van der Waals surface area contributed by atoms with E-state index in [9.17, 15) is 19.2 Å². The molecule has 9 heteroatoms. The Morgan fingerprint density at radius 2 is 1.66 bits per heavy atom. The Balaban J connectivity index is 3.49. The SMILES string of the molecule is CCCCNC(=O)C(c1c(C)cccc1C)N(CCC)C(=O)C(CC(N)=O)NC(=O)OC(C)(C)C. The van der Waals surface area contributed by atoms with Gasteiger partial charge in [-0.2, -0.15) is 0 Å². The molecule has 2 atom stereocenters. The third kappa shape index (κ3) is 9.58. The molecular weight excluding hydrogens is 448 g/mol. The molecule has 0 saturated heterocycles. The van der Waals surface area contributed by atoms with E-state index in [1.807, 2.05) is 45.9 Å². The second-order valence-corrected chi connectivity index (χ2v) is 9.75. The van der Waals surface area contributed by atoms with Gasteiger partial charge in [0.2, 0.25) is 17.7 Å². The highest BCUT2D eigenvalue weighted by molar-refractivity contribution is 5.94. The van der Waals surface area contributed by atoms with Crippen LogP contribution in [0.1, 0.15) is 83.0 Å². The normalized spacial score (nSPS) is 12.9. The van der Waals surface area contributed by atoms with Gasteiger partial charge in [0, 0.05) is 13.1 Å². The topological polar surface area (TPSA) is 131 Å². The Bertz CT molecular complexity index is 874. The van der Waals surface area contributed by atoms with E-state index in [1.165, 1.54) is 4.90 Å². The number of aryl methyl sites for hydroxylation is 2. The minimum absolute atomic E-state index is 0.240. The van der Waals surface area contributed by atoms with Crippen LogP contribution >= 0.6 is 0 Å². The number of primary amides is 1. The van der Waals surface area contributed by atoms with E-state index >= 15 is 0 Å². The van der Waals surface area contributed by atoms with Gasteiger partial charge in [0.05, 0.1) is 6.42 Å². The maximum absolute atomic E-state index is 13.8. The van der Waals surface area contributed by atoms with Crippen molar-refractivity contribution < 1.29 is 23.9 Å². The fraction of sp³-hybridized carbons (Fsp3) is 0.615. The monoisotopic (exact) mass is 490 g/mol. The first-order chi connectivity index (χ1) is 16.3. The number of hydrogen-bond donors (Lipinski definition) is 3. The van der Waals surface area contributed by atoms with E-state index in [0.29, 0.717) is 13.0 Å². The van der Waals surface area contributed by atoms with Gasteiger partial charge in [0.15, 0.2) is 0 Å². The highest BCUT2D eigenvalue weighted by Gasteiger charge is 2.37. The molecule has 1 rings (SSSR count). The molecule has 1 aromatic rings. The lowest BCUT2D eigenvalue weighted by Gasteiger charge is -2.35. The van der Waals surface area contributed by atoms with Crippen LogP contribution < -0.4 is 16.4 Å². The first-order valence-corrected chi connectivity index (χ1v) is 12.2. The Labute approximate surface area is 209 Å². The van der Waals surface area contributed by atoms with Crippen LogP contribution in [0.2, 0.25) is 0 Å². The number of benzene rings is 1. The first-order valence-electron chi connectivity index (χ1n) is 12.2. The lowest BCUT2D eigenvalue weighted by Crippen LogP contribution is -2.54. The zero-order chi connectivity index (χ0) is 26.8. The van der Waals surface area contributed by atoms with Crippen LogP contribution in [-0.2, 0) is 19.1 Å². The standard InChI is InChI=1S/C26H42N4O5/c1-8-10-14-28-23(32)22(21-17(3)12-11-13-18(21)4)30(15-9-2)24(33)19(16-20(27)31)29-25(34)35-26(5,6)7/h11-13,19,22H,8-10,14-16H2,1-7H3,(H2,27,31)(H,28,32)(H,29,34). The van der Waals surface area contributed by atoms with E-state index in [-0.39, 0.29) is 12.5 Å². The Morgan fingerprint density at radius 3 is 2.14 bits per heavy atom. The number of amides is 4. The van der Waals surface area contributed by atoms with Gasteiger partial charge >= 0.3 is 6.09 Å². The molecule has 4 N–H and O–H groups in total. The summed E-state index contributed by atoms with van der Waals surface area (Å²) in [6, 6.07) is 3.47. The molecule has 0 fully saturated rings. The van der Waals surface area contributed by atoms with Gasteiger partial charge in [-0.05, 0) is 64.2 Å². The molecule has 0 heterocycles. The van der Waals surface area contributed by atoms with E-state index in [1.54, 1.807) is 20.8 Å². The highest BCUT2D eigenvalue weighted by atomic mass is 16.6. The molecule has 0 spiro atoms. The summed E-state index contributed by atoms with van der Waals surface area (Å²) < 4.78 is 5.28. The number of carbonyl (C=O) groups is 4. The van der Waals surface area contributed by atoms with Crippen LogP contribution in [-0.4, -0.2) is 53.4 Å². The van der Waals surface area contributed by atoms with Crippen molar-refractivity contribution in [3.8, 4) is 0 Å². The minimum atomic E-state index is -1.27. The molecule has 0 saturated carbocycles. The number of alkyl carbamates (subject to hydrolysis) is 1. The highest BCUT2D eigenvalue weighted by Crippen LogP contribution is 2.29. The van der Waals surface area contributed by atoms with Gasteiger partial charge in [-0.3, -0.25) is 14.4 Å². The van der Waals surface area contributed by atoms with Crippen LogP contribution in [0.15, 0.2) is 18.2 Å². The van der Waals surface area contributed by atoms with Crippen molar-refractivity contribution >= 4 is 23.8 Å². The molecule has 0 aliphatic heterocycles. The fourth-order valence-corrected chi connectivity index (χ4v) is 3.83. The van der Waals surface area contributed by atoms with Crippen LogP contribution in [0.4, 0.5) is 4.79 Å². The lowest BCUT2D eigenvalue weighted by atomic mass is 9.93. The fourth-order valence-electron chi connectivity index (χ4n) is 3.83. The Kier molecular flexibility index (Phi) is 11.7. The third-order valence-corrected chi connectivity index (χ3v) is 5.35. The number of unbranched alkanes of at least 4 members (excludes halogenated alkanes) is 1. The summed E-state index contributed by atoms with van der Waals surface area (Å²) >= 11 is 0. The summed E-state index contributed by atoms with van der Waals surface area (Å²) in [4.78, 5) is 53.0. The number of nitrogens with two attached hydrogens (primary N) is 1. The first kappa shape index (κ1) is 29.9. The molecule has 0 radical (unpaired) electrons.